The molecule has 2 rings (SSSR count). The highest BCUT2D eigenvalue weighted by Crippen LogP contribution is 2.25. The van der Waals surface area contributed by atoms with Crippen molar-refractivity contribution < 1.29 is 4.79 Å². The maximum Gasteiger partial charge on any atom is 0.223 e. The zero-order chi connectivity index (χ0) is 16.8. The smallest absolute Gasteiger partial charge is 0.223 e. The van der Waals surface area contributed by atoms with Crippen molar-refractivity contribution in [1.82, 2.24) is 10.3 Å². The van der Waals surface area contributed by atoms with Crippen LogP contribution < -0.4 is 10.2 Å². The van der Waals surface area contributed by atoms with Gasteiger partial charge in [-0.25, -0.2) is 4.98 Å². The van der Waals surface area contributed by atoms with E-state index in [9.17, 15) is 10.1 Å². The second-order valence-electron chi connectivity index (χ2n) is 6.22. The summed E-state index contributed by atoms with van der Waals surface area (Å²) in [5, 5.41) is 21.1. The maximum atomic E-state index is 12.1. The Morgan fingerprint density at radius 2 is 2.09 bits per heavy atom. The van der Waals surface area contributed by atoms with Crippen molar-refractivity contribution in [2.24, 2.45) is 11.8 Å². The first-order valence-electron chi connectivity index (χ1n) is 7.88. The highest BCUT2D eigenvalue weighted by molar-refractivity contribution is 5.79. The van der Waals surface area contributed by atoms with E-state index in [1.54, 1.807) is 6.07 Å². The Balaban J connectivity index is 1.98. The minimum Gasteiger partial charge on any atom is -0.356 e. The molecule has 23 heavy (non-hydrogen) atoms. The molecular weight excluding hydrogens is 290 g/mol. The van der Waals surface area contributed by atoms with Crippen molar-refractivity contribution >= 4 is 11.7 Å². The van der Waals surface area contributed by atoms with Crippen molar-refractivity contribution in [3.8, 4) is 12.1 Å². The lowest BCUT2D eigenvalue weighted by molar-refractivity contribution is -0.125. The van der Waals surface area contributed by atoms with Crippen LogP contribution >= 0.6 is 0 Å². The van der Waals surface area contributed by atoms with Gasteiger partial charge in [-0.2, -0.15) is 10.5 Å². The normalized spacial score (nSPS) is 15.1. The van der Waals surface area contributed by atoms with E-state index in [0.29, 0.717) is 42.5 Å². The number of rotatable bonds is 4. The molecule has 1 N–H and O–H groups in total. The van der Waals surface area contributed by atoms with E-state index in [-0.39, 0.29) is 11.8 Å². The molecule has 1 amide bonds. The summed E-state index contributed by atoms with van der Waals surface area (Å²) < 4.78 is 0. The molecular formula is C17H21N5O. The van der Waals surface area contributed by atoms with Crippen LogP contribution in [-0.4, -0.2) is 30.5 Å². The number of hydrogen-bond acceptors (Lipinski definition) is 5. The van der Waals surface area contributed by atoms with E-state index >= 15 is 0 Å². The molecule has 120 valence electrons. The Labute approximate surface area is 136 Å². The fourth-order valence-electron chi connectivity index (χ4n) is 2.66. The summed E-state index contributed by atoms with van der Waals surface area (Å²) >= 11 is 0. The monoisotopic (exact) mass is 311 g/mol. The van der Waals surface area contributed by atoms with Gasteiger partial charge in [0.2, 0.25) is 5.91 Å². The van der Waals surface area contributed by atoms with Crippen LogP contribution in [0.25, 0.3) is 0 Å². The second-order valence-corrected chi connectivity index (χ2v) is 6.22. The number of carbonyl (C=O) groups excluding carboxylic acids is 1. The molecule has 1 aromatic rings. The SMILES string of the molecule is CC(C)CNC(=O)C1CCN(c2ncc(C#N)cc2C#N)CC1. The molecule has 6 nitrogen and oxygen atoms in total. The van der Waals surface area contributed by atoms with E-state index in [1.165, 1.54) is 6.20 Å². The molecule has 1 aliphatic rings. The Kier molecular flexibility index (Phi) is 5.54. The molecule has 6 heteroatoms. The summed E-state index contributed by atoms with van der Waals surface area (Å²) in [6, 6.07) is 5.65. The molecule has 0 atom stereocenters. The van der Waals surface area contributed by atoms with Crippen LogP contribution in [0.1, 0.15) is 37.8 Å². The van der Waals surface area contributed by atoms with Gasteiger partial charge in [-0.3, -0.25) is 4.79 Å². The van der Waals surface area contributed by atoms with Crippen LogP contribution in [0.5, 0.6) is 0 Å². The van der Waals surface area contributed by atoms with Gasteiger partial charge in [0, 0.05) is 31.7 Å². The second kappa shape index (κ2) is 7.60. The van der Waals surface area contributed by atoms with Crippen molar-refractivity contribution in [2.45, 2.75) is 26.7 Å². The molecule has 1 saturated heterocycles. The Hall–Kier alpha value is -2.60. The Morgan fingerprint density at radius 3 is 2.65 bits per heavy atom. The average Bonchev–Trinajstić information content (AvgIpc) is 2.59. The third-order valence-corrected chi connectivity index (χ3v) is 3.97. The summed E-state index contributed by atoms with van der Waals surface area (Å²) in [6.07, 6.45) is 2.98. The summed E-state index contributed by atoms with van der Waals surface area (Å²) in [7, 11) is 0. The first-order chi connectivity index (χ1) is 11.0. The van der Waals surface area contributed by atoms with Crippen LogP contribution in [0, 0.1) is 34.5 Å². The Morgan fingerprint density at radius 1 is 1.39 bits per heavy atom. The predicted molar refractivity (Wildman–Crippen MR) is 86.5 cm³/mol. The minimum absolute atomic E-state index is 0.0221. The summed E-state index contributed by atoms with van der Waals surface area (Å²) in [4.78, 5) is 18.4. The van der Waals surface area contributed by atoms with Crippen molar-refractivity contribution in [3.05, 3.63) is 23.4 Å². The number of anilines is 1. The summed E-state index contributed by atoms with van der Waals surface area (Å²) in [5.41, 5.74) is 0.792. The van der Waals surface area contributed by atoms with E-state index in [2.05, 4.69) is 30.2 Å². The largest absolute Gasteiger partial charge is 0.356 e. The summed E-state index contributed by atoms with van der Waals surface area (Å²) in [6.45, 7) is 6.22. The van der Waals surface area contributed by atoms with Crippen LogP contribution in [0.2, 0.25) is 0 Å². The van der Waals surface area contributed by atoms with Crippen molar-refractivity contribution in [2.75, 3.05) is 24.5 Å². The van der Waals surface area contributed by atoms with Crippen LogP contribution in [0.15, 0.2) is 12.3 Å². The topological polar surface area (TPSA) is 92.8 Å². The highest BCUT2D eigenvalue weighted by atomic mass is 16.1. The minimum atomic E-state index is 0.0221. The third-order valence-electron chi connectivity index (χ3n) is 3.97. The van der Waals surface area contributed by atoms with Gasteiger partial charge >= 0.3 is 0 Å². The number of nitriles is 2. The number of amides is 1. The molecule has 0 radical (unpaired) electrons. The van der Waals surface area contributed by atoms with Gasteiger partial charge in [-0.1, -0.05) is 13.8 Å². The first kappa shape index (κ1) is 16.8. The molecule has 0 unspecified atom stereocenters. The van der Waals surface area contributed by atoms with E-state index in [4.69, 9.17) is 5.26 Å². The number of piperidine rings is 1. The van der Waals surface area contributed by atoms with E-state index in [0.717, 1.165) is 12.8 Å². The number of aromatic nitrogens is 1. The standard InChI is InChI=1S/C17H21N5O/c1-12(2)10-21-17(23)14-3-5-22(6-4-14)16-15(9-19)7-13(8-18)11-20-16/h7,11-12,14H,3-6,10H2,1-2H3,(H,21,23). The molecule has 1 aliphatic heterocycles. The van der Waals surface area contributed by atoms with Gasteiger partial charge in [0.25, 0.3) is 0 Å². The van der Waals surface area contributed by atoms with Gasteiger partial charge in [0.15, 0.2) is 0 Å². The number of pyridine rings is 1. The lowest BCUT2D eigenvalue weighted by atomic mass is 9.95. The molecule has 1 fully saturated rings. The molecule has 0 saturated carbocycles. The van der Waals surface area contributed by atoms with Crippen LogP contribution in [-0.2, 0) is 4.79 Å². The number of hydrogen-bond donors (Lipinski definition) is 1. The molecule has 0 bridgehead atoms. The maximum absolute atomic E-state index is 12.1. The van der Waals surface area contributed by atoms with Crippen molar-refractivity contribution in [3.63, 3.8) is 0 Å². The predicted octanol–water partition coefficient (Wildman–Crippen LogP) is 1.81. The Bertz CT molecular complexity index is 648. The molecule has 0 aliphatic carbocycles. The quantitative estimate of drug-likeness (QED) is 0.915. The number of carbonyl (C=O) groups is 1. The molecule has 1 aromatic heterocycles. The van der Waals surface area contributed by atoms with Gasteiger partial charge in [-0.05, 0) is 24.8 Å². The summed E-state index contributed by atoms with van der Waals surface area (Å²) in [5.74, 6) is 1.19. The third kappa shape index (κ3) is 4.20. The van der Waals surface area contributed by atoms with Gasteiger partial charge in [0.05, 0.1) is 11.1 Å². The number of nitrogens with one attached hydrogen (secondary N) is 1. The zero-order valence-corrected chi connectivity index (χ0v) is 13.5. The van der Waals surface area contributed by atoms with Crippen molar-refractivity contribution in [1.29, 1.82) is 10.5 Å². The average molecular weight is 311 g/mol. The fraction of sp³-hybridized carbons (Fsp3) is 0.529. The van der Waals surface area contributed by atoms with Gasteiger partial charge < -0.3 is 10.2 Å². The molecule has 0 spiro atoms. The van der Waals surface area contributed by atoms with Gasteiger partial charge in [0.1, 0.15) is 18.0 Å². The van der Waals surface area contributed by atoms with Crippen LogP contribution in [0.3, 0.4) is 0 Å². The molecule has 0 aromatic carbocycles. The van der Waals surface area contributed by atoms with Gasteiger partial charge in [-0.15, -0.1) is 0 Å². The van der Waals surface area contributed by atoms with Crippen LogP contribution in [0.4, 0.5) is 5.82 Å². The molecule has 2 heterocycles. The van der Waals surface area contributed by atoms with E-state index in [1.807, 2.05) is 11.0 Å². The fourth-order valence-corrected chi connectivity index (χ4v) is 2.66. The highest BCUT2D eigenvalue weighted by Gasteiger charge is 2.26. The first-order valence-corrected chi connectivity index (χ1v) is 7.88. The zero-order valence-electron chi connectivity index (χ0n) is 13.5. The van der Waals surface area contributed by atoms with E-state index < -0.39 is 0 Å². The number of nitrogens with zero attached hydrogens (tertiary/aromatic N) is 4. The lowest BCUT2D eigenvalue weighted by Crippen LogP contribution is -2.41. The lowest BCUT2D eigenvalue weighted by Gasteiger charge is -2.32.